The van der Waals surface area contributed by atoms with Crippen LogP contribution in [0.5, 0.6) is 0 Å². The predicted molar refractivity (Wildman–Crippen MR) is 107 cm³/mol. The zero-order valence-electron chi connectivity index (χ0n) is 16.7. The Bertz CT molecular complexity index is 797. The maximum absolute atomic E-state index is 12.2. The minimum Gasteiger partial charge on any atom is -0.351 e. The van der Waals surface area contributed by atoms with E-state index in [0.717, 1.165) is 48.6 Å². The molecule has 0 aliphatic carbocycles. The van der Waals surface area contributed by atoms with Crippen LogP contribution in [0.25, 0.3) is 11.3 Å². The molecule has 1 amide bonds. The highest BCUT2D eigenvalue weighted by atomic mass is 16.2. The van der Waals surface area contributed by atoms with E-state index in [9.17, 15) is 4.79 Å². The molecule has 1 aliphatic heterocycles. The molecule has 3 heterocycles. The van der Waals surface area contributed by atoms with Crippen LogP contribution < -0.4 is 5.32 Å². The first-order valence-electron chi connectivity index (χ1n) is 9.74. The lowest BCUT2D eigenvalue weighted by molar-refractivity contribution is -0.132. The summed E-state index contributed by atoms with van der Waals surface area (Å²) >= 11 is 0. The molecular weight excluding hydrogens is 338 g/mol. The van der Waals surface area contributed by atoms with Gasteiger partial charge in [-0.3, -0.25) is 9.78 Å². The van der Waals surface area contributed by atoms with Crippen molar-refractivity contribution in [3.8, 4) is 11.3 Å². The quantitative estimate of drug-likeness (QED) is 0.874. The van der Waals surface area contributed by atoms with Crippen LogP contribution in [0.1, 0.15) is 44.5 Å². The van der Waals surface area contributed by atoms with E-state index < -0.39 is 0 Å². The molecule has 1 N–H and O–H groups in total. The van der Waals surface area contributed by atoms with Crippen molar-refractivity contribution in [2.45, 2.75) is 53.0 Å². The Kier molecular flexibility index (Phi) is 6.04. The Morgan fingerprint density at radius 1 is 1.19 bits per heavy atom. The number of rotatable bonds is 5. The average Bonchev–Trinajstić information content (AvgIpc) is 2.62. The van der Waals surface area contributed by atoms with Gasteiger partial charge in [-0.2, -0.15) is 0 Å². The van der Waals surface area contributed by atoms with E-state index in [4.69, 9.17) is 0 Å². The van der Waals surface area contributed by atoms with Crippen LogP contribution in [0.15, 0.2) is 24.4 Å². The number of likely N-dealkylation sites (tertiary alicyclic amines) is 1. The third kappa shape index (κ3) is 5.02. The Balaban J connectivity index is 1.62. The monoisotopic (exact) mass is 367 g/mol. The van der Waals surface area contributed by atoms with E-state index in [1.54, 1.807) is 6.20 Å². The number of nitrogens with one attached hydrogen (secondary N) is 1. The third-order valence-corrected chi connectivity index (χ3v) is 4.92. The van der Waals surface area contributed by atoms with Crippen LogP contribution in [-0.2, 0) is 4.79 Å². The summed E-state index contributed by atoms with van der Waals surface area (Å²) in [4.78, 5) is 27.8. The number of aryl methyl sites for hydroxylation is 2. The fourth-order valence-corrected chi connectivity index (χ4v) is 3.47. The Hall–Kier alpha value is -2.50. The first kappa shape index (κ1) is 19.3. The number of anilines is 1. The van der Waals surface area contributed by atoms with Crippen molar-refractivity contribution in [2.75, 3.05) is 18.4 Å². The highest BCUT2D eigenvalue weighted by Crippen LogP contribution is 2.22. The molecule has 0 aromatic carbocycles. The third-order valence-electron chi connectivity index (χ3n) is 4.92. The van der Waals surface area contributed by atoms with E-state index in [1.165, 1.54) is 0 Å². The summed E-state index contributed by atoms with van der Waals surface area (Å²) in [5.41, 5.74) is 3.88. The van der Waals surface area contributed by atoms with E-state index in [2.05, 4.69) is 40.2 Å². The first-order chi connectivity index (χ1) is 12.9. The number of hydrogen-bond acceptors (Lipinski definition) is 5. The fourth-order valence-electron chi connectivity index (χ4n) is 3.47. The molecule has 3 rings (SSSR count). The minimum atomic E-state index is 0.268. The second kappa shape index (κ2) is 8.46. The molecule has 6 heteroatoms. The number of hydrogen-bond donors (Lipinski definition) is 1. The number of aromatic nitrogens is 3. The minimum absolute atomic E-state index is 0.268. The van der Waals surface area contributed by atoms with Gasteiger partial charge in [0, 0.05) is 48.7 Å². The molecule has 1 fully saturated rings. The second-order valence-electron chi connectivity index (χ2n) is 7.75. The van der Waals surface area contributed by atoms with Crippen LogP contribution in [0.4, 0.5) is 5.95 Å². The van der Waals surface area contributed by atoms with Gasteiger partial charge in [-0.25, -0.2) is 9.97 Å². The summed E-state index contributed by atoms with van der Waals surface area (Å²) in [6, 6.07) is 6.27. The van der Waals surface area contributed by atoms with Crippen LogP contribution in [0.3, 0.4) is 0 Å². The average molecular weight is 367 g/mol. The van der Waals surface area contributed by atoms with Gasteiger partial charge < -0.3 is 10.2 Å². The molecule has 0 bridgehead atoms. The lowest BCUT2D eigenvalue weighted by Gasteiger charge is -2.32. The van der Waals surface area contributed by atoms with Gasteiger partial charge in [-0.05, 0) is 50.8 Å². The molecule has 1 aliphatic rings. The standard InChI is InChI=1S/C21H29N5O/c1-14(2)13-20(27)26-11-8-17(9-12-26)24-21-22-10-7-19(25-21)18-6-5-15(3)23-16(18)4/h5-7,10,14,17H,8-9,11-13H2,1-4H3,(H,22,24,25). The van der Waals surface area contributed by atoms with Crippen molar-refractivity contribution in [3.05, 3.63) is 35.8 Å². The molecule has 0 spiro atoms. The largest absolute Gasteiger partial charge is 0.351 e. The predicted octanol–water partition coefficient (Wildman–Crippen LogP) is 3.60. The first-order valence-corrected chi connectivity index (χ1v) is 9.74. The van der Waals surface area contributed by atoms with Gasteiger partial charge in [0.15, 0.2) is 0 Å². The van der Waals surface area contributed by atoms with Gasteiger partial charge in [0.1, 0.15) is 0 Å². The van der Waals surface area contributed by atoms with E-state index in [1.807, 2.05) is 30.9 Å². The van der Waals surface area contributed by atoms with Gasteiger partial charge in [-0.15, -0.1) is 0 Å². The zero-order valence-corrected chi connectivity index (χ0v) is 16.7. The Labute approximate surface area is 161 Å². The molecular formula is C21H29N5O. The maximum atomic E-state index is 12.2. The van der Waals surface area contributed by atoms with Crippen LogP contribution in [0, 0.1) is 19.8 Å². The number of piperidine rings is 1. The van der Waals surface area contributed by atoms with Gasteiger partial charge >= 0.3 is 0 Å². The maximum Gasteiger partial charge on any atom is 0.223 e. The Morgan fingerprint density at radius 2 is 1.93 bits per heavy atom. The van der Waals surface area contributed by atoms with E-state index in [0.29, 0.717) is 24.3 Å². The van der Waals surface area contributed by atoms with Crippen LogP contribution >= 0.6 is 0 Å². The molecule has 0 saturated carbocycles. The number of amides is 1. The Morgan fingerprint density at radius 3 is 2.59 bits per heavy atom. The summed E-state index contributed by atoms with van der Waals surface area (Å²) in [5, 5.41) is 3.44. The molecule has 0 unspecified atom stereocenters. The summed E-state index contributed by atoms with van der Waals surface area (Å²) < 4.78 is 0. The highest BCUT2D eigenvalue weighted by Gasteiger charge is 2.23. The van der Waals surface area contributed by atoms with Gasteiger partial charge in [-0.1, -0.05) is 13.8 Å². The van der Waals surface area contributed by atoms with Crippen LogP contribution in [-0.4, -0.2) is 44.9 Å². The van der Waals surface area contributed by atoms with Crippen molar-refractivity contribution in [1.29, 1.82) is 0 Å². The van der Waals surface area contributed by atoms with Crippen molar-refractivity contribution >= 4 is 11.9 Å². The molecule has 0 atom stereocenters. The van der Waals surface area contributed by atoms with Gasteiger partial charge in [0.2, 0.25) is 11.9 Å². The van der Waals surface area contributed by atoms with Gasteiger partial charge in [0.05, 0.1) is 5.69 Å². The summed E-state index contributed by atoms with van der Waals surface area (Å²) in [6.07, 6.45) is 4.25. The van der Waals surface area contributed by atoms with E-state index >= 15 is 0 Å². The van der Waals surface area contributed by atoms with Gasteiger partial charge in [0.25, 0.3) is 0 Å². The number of nitrogens with zero attached hydrogens (tertiary/aromatic N) is 4. The SMILES string of the molecule is Cc1ccc(-c2ccnc(NC3CCN(C(=O)CC(C)C)CC3)n2)c(C)n1. The normalized spacial score (nSPS) is 15.2. The summed E-state index contributed by atoms with van der Waals surface area (Å²) in [7, 11) is 0. The summed E-state index contributed by atoms with van der Waals surface area (Å²) in [5.74, 6) is 1.31. The molecule has 1 saturated heterocycles. The van der Waals surface area contributed by atoms with Crippen molar-refractivity contribution in [2.24, 2.45) is 5.92 Å². The topological polar surface area (TPSA) is 71.0 Å². The molecule has 0 radical (unpaired) electrons. The molecule has 2 aromatic heterocycles. The highest BCUT2D eigenvalue weighted by molar-refractivity contribution is 5.76. The molecule has 6 nitrogen and oxygen atoms in total. The van der Waals surface area contributed by atoms with Crippen molar-refractivity contribution in [1.82, 2.24) is 19.9 Å². The second-order valence-corrected chi connectivity index (χ2v) is 7.75. The van der Waals surface area contributed by atoms with E-state index in [-0.39, 0.29) is 5.91 Å². The molecule has 144 valence electrons. The summed E-state index contributed by atoms with van der Waals surface area (Å²) in [6.45, 7) is 9.75. The lowest BCUT2D eigenvalue weighted by Crippen LogP contribution is -2.42. The zero-order chi connectivity index (χ0) is 19.4. The van der Waals surface area contributed by atoms with Crippen LogP contribution in [0.2, 0.25) is 0 Å². The lowest BCUT2D eigenvalue weighted by atomic mass is 10.0. The fraction of sp³-hybridized carbons (Fsp3) is 0.524. The van der Waals surface area contributed by atoms with Crippen molar-refractivity contribution < 1.29 is 4.79 Å². The molecule has 27 heavy (non-hydrogen) atoms. The smallest absolute Gasteiger partial charge is 0.223 e. The van der Waals surface area contributed by atoms with Crippen molar-refractivity contribution in [3.63, 3.8) is 0 Å². The number of pyridine rings is 1. The molecule has 2 aromatic rings. The number of carbonyl (C=O) groups is 1. The number of carbonyl (C=O) groups excluding carboxylic acids is 1.